The van der Waals surface area contributed by atoms with Crippen LogP contribution < -0.4 is 0 Å². The summed E-state index contributed by atoms with van der Waals surface area (Å²) in [5.41, 5.74) is -0.105. The van der Waals surface area contributed by atoms with E-state index in [1.807, 2.05) is 13.8 Å². The topological polar surface area (TPSA) is 40.5 Å². The molecule has 1 fully saturated rings. The Morgan fingerprint density at radius 2 is 2.18 bits per heavy atom. The molecule has 11 heavy (non-hydrogen) atoms. The number of β-amino-alcohol motifs (C(OH)–C–C–N with tert-alkyl or cyclic N) is 1. The monoisotopic (exact) mass is 177 g/mol. The highest BCUT2D eigenvalue weighted by Crippen LogP contribution is 2.29. The fourth-order valence-corrected chi connectivity index (χ4v) is 2.13. The lowest BCUT2D eigenvalue weighted by Crippen LogP contribution is -2.26. The second-order valence-corrected chi connectivity index (χ2v) is 5.11. The molecule has 0 aromatic carbocycles. The third-order valence-corrected chi connectivity index (χ3v) is 3.23. The minimum absolute atomic E-state index is 0.105. The maximum absolute atomic E-state index is 11.0. The van der Waals surface area contributed by atoms with E-state index in [0.717, 1.165) is 6.54 Å². The number of hydrogen-bond donors (Lipinski definition) is 1. The first-order valence-corrected chi connectivity index (χ1v) is 5.21. The van der Waals surface area contributed by atoms with E-state index in [9.17, 15) is 9.32 Å². The Labute approximate surface area is 70.0 Å². The second-order valence-electron chi connectivity index (χ2n) is 3.75. The molecule has 0 amide bonds. The van der Waals surface area contributed by atoms with E-state index < -0.39 is 11.0 Å². The van der Waals surface area contributed by atoms with Crippen LogP contribution in [0, 0.1) is 5.41 Å². The molecule has 2 atom stereocenters. The fourth-order valence-electron chi connectivity index (χ4n) is 1.26. The quantitative estimate of drug-likeness (QED) is 0.611. The summed E-state index contributed by atoms with van der Waals surface area (Å²) in [5.74, 6) is 0. The molecule has 2 unspecified atom stereocenters. The van der Waals surface area contributed by atoms with Gasteiger partial charge in [-0.3, -0.25) is 0 Å². The molecule has 1 aliphatic heterocycles. The molecule has 1 rings (SSSR count). The normalized spacial score (nSPS) is 34.0. The van der Waals surface area contributed by atoms with Crippen molar-refractivity contribution in [3.8, 4) is 0 Å². The molecule has 0 aromatic heterocycles. The van der Waals surface area contributed by atoms with Crippen molar-refractivity contribution >= 4 is 11.0 Å². The van der Waals surface area contributed by atoms with Gasteiger partial charge in [0.15, 0.2) is 0 Å². The van der Waals surface area contributed by atoms with E-state index in [2.05, 4.69) is 0 Å². The summed E-state index contributed by atoms with van der Waals surface area (Å²) in [5, 5.41) is 9.50. The Balaban J connectivity index is 2.64. The van der Waals surface area contributed by atoms with Crippen LogP contribution in [0.5, 0.6) is 0 Å². The summed E-state index contributed by atoms with van der Waals surface area (Å²) in [7, 11) is -0.935. The number of aliphatic hydroxyl groups excluding tert-OH is 1. The third-order valence-electron chi connectivity index (χ3n) is 2.23. The van der Waals surface area contributed by atoms with Gasteiger partial charge in [-0.25, -0.2) is 8.51 Å². The molecule has 0 spiro atoms. The third kappa shape index (κ3) is 1.80. The first kappa shape index (κ1) is 9.16. The maximum atomic E-state index is 11.0. The number of nitrogens with zero attached hydrogens (tertiary/aromatic N) is 1. The van der Waals surface area contributed by atoms with Gasteiger partial charge in [0.2, 0.25) is 0 Å². The molecule has 0 bridgehead atoms. The van der Waals surface area contributed by atoms with E-state index in [1.165, 1.54) is 0 Å². The Morgan fingerprint density at radius 3 is 2.36 bits per heavy atom. The lowest BCUT2D eigenvalue weighted by Gasteiger charge is -2.20. The van der Waals surface area contributed by atoms with Crippen LogP contribution in [0.3, 0.4) is 0 Å². The van der Waals surface area contributed by atoms with E-state index >= 15 is 0 Å². The highest BCUT2D eigenvalue weighted by atomic mass is 32.2. The number of rotatable bonds is 1. The molecule has 0 aliphatic carbocycles. The Kier molecular flexibility index (Phi) is 2.37. The van der Waals surface area contributed by atoms with Crippen LogP contribution >= 0.6 is 0 Å². The summed E-state index contributed by atoms with van der Waals surface area (Å²) >= 11 is 0. The minimum atomic E-state index is -0.935. The molecule has 1 heterocycles. The van der Waals surface area contributed by atoms with Crippen molar-refractivity contribution in [2.24, 2.45) is 5.41 Å². The van der Waals surface area contributed by atoms with Gasteiger partial charge in [0, 0.05) is 24.8 Å². The van der Waals surface area contributed by atoms with Gasteiger partial charge in [-0.15, -0.1) is 0 Å². The van der Waals surface area contributed by atoms with Crippen molar-refractivity contribution in [2.45, 2.75) is 20.0 Å². The fraction of sp³-hybridized carbons (Fsp3) is 1.00. The van der Waals surface area contributed by atoms with Crippen molar-refractivity contribution in [1.82, 2.24) is 4.31 Å². The van der Waals surface area contributed by atoms with Crippen molar-refractivity contribution in [1.29, 1.82) is 0 Å². The summed E-state index contributed by atoms with van der Waals surface area (Å²) in [6.45, 7) is 5.24. The summed E-state index contributed by atoms with van der Waals surface area (Å²) in [4.78, 5) is 0. The van der Waals surface area contributed by atoms with Gasteiger partial charge in [0.05, 0.1) is 17.1 Å². The van der Waals surface area contributed by atoms with Gasteiger partial charge in [0.25, 0.3) is 0 Å². The molecule has 3 nitrogen and oxygen atoms in total. The van der Waals surface area contributed by atoms with Gasteiger partial charge >= 0.3 is 0 Å². The summed E-state index contributed by atoms with van der Waals surface area (Å²) < 4.78 is 12.8. The Hall–Kier alpha value is 0.0700. The van der Waals surface area contributed by atoms with Crippen LogP contribution in [0.15, 0.2) is 0 Å². The molecule has 1 saturated heterocycles. The standard InChI is InChI=1S/C7H15NO2S/c1-7(2)5-8(11(3)10)4-6(7)9/h6,9H,4-5H2,1-3H3. The Morgan fingerprint density at radius 1 is 1.64 bits per heavy atom. The van der Waals surface area contributed by atoms with Crippen LogP contribution in [0.1, 0.15) is 13.8 Å². The minimum Gasteiger partial charge on any atom is -0.391 e. The van der Waals surface area contributed by atoms with E-state index in [0.29, 0.717) is 6.54 Å². The summed E-state index contributed by atoms with van der Waals surface area (Å²) in [6.07, 6.45) is 1.31. The van der Waals surface area contributed by atoms with E-state index in [4.69, 9.17) is 0 Å². The molecular weight excluding hydrogens is 162 g/mol. The van der Waals surface area contributed by atoms with Gasteiger partial charge in [-0.05, 0) is 0 Å². The van der Waals surface area contributed by atoms with Crippen molar-refractivity contribution < 1.29 is 9.32 Å². The lowest BCUT2D eigenvalue weighted by molar-refractivity contribution is 0.0960. The van der Waals surface area contributed by atoms with E-state index in [-0.39, 0.29) is 11.5 Å². The zero-order valence-electron chi connectivity index (χ0n) is 7.20. The molecular formula is C7H15NO2S. The molecule has 0 saturated carbocycles. The average Bonchev–Trinajstić information content (AvgIpc) is 2.08. The van der Waals surface area contributed by atoms with Gasteiger partial charge in [-0.1, -0.05) is 13.8 Å². The van der Waals surface area contributed by atoms with Crippen LogP contribution in [0.25, 0.3) is 0 Å². The van der Waals surface area contributed by atoms with Crippen LogP contribution in [0.4, 0.5) is 0 Å². The van der Waals surface area contributed by atoms with Crippen molar-refractivity contribution in [3.05, 3.63) is 0 Å². The highest BCUT2D eigenvalue weighted by Gasteiger charge is 2.39. The van der Waals surface area contributed by atoms with Crippen LogP contribution in [-0.2, 0) is 11.0 Å². The lowest BCUT2D eigenvalue weighted by atomic mass is 9.90. The zero-order chi connectivity index (χ0) is 8.65. The summed E-state index contributed by atoms with van der Waals surface area (Å²) in [6, 6.07) is 0. The van der Waals surface area contributed by atoms with Crippen LogP contribution in [-0.4, -0.2) is 39.1 Å². The predicted molar refractivity (Wildman–Crippen MR) is 45.4 cm³/mol. The number of hydrogen-bond acceptors (Lipinski definition) is 2. The number of aliphatic hydroxyl groups is 1. The smallest absolute Gasteiger partial charge is 0.0911 e. The Bertz CT molecular complexity index is 181. The molecule has 1 N–H and O–H groups in total. The largest absolute Gasteiger partial charge is 0.391 e. The van der Waals surface area contributed by atoms with Gasteiger partial charge in [0.1, 0.15) is 0 Å². The molecule has 0 radical (unpaired) electrons. The first-order chi connectivity index (χ1) is 4.93. The molecule has 1 aliphatic rings. The molecule has 66 valence electrons. The average molecular weight is 177 g/mol. The maximum Gasteiger partial charge on any atom is 0.0911 e. The molecule has 0 aromatic rings. The van der Waals surface area contributed by atoms with Crippen molar-refractivity contribution in [2.75, 3.05) is 19.3 Å². The van der Waals surface area contributed by atoms with E-state index in [1.54, 1.807) is 10.6 Å². The molecule has 4 heteroatoms. The second kappa shape index (κ2) is 2.84. The SMILES string of the molecule is CS(=O)N1CC(O)C(C)(C)C1. The van der Waals surface area contributed by atoms with Gasteiger partial charge in [-0.2, -0.15) is 0 Å². The van der Waals surface area contributed by atoms with Gasteiger partial charge < -0.3 is 5.11 Å². The predicted octanol–water partition coefficient (Wildman–Crippen LogP) is -0.0174. The first-order valence-electron chi connectivity index (χ1n) is 3.70. The van der Waals surface area contributed by atoms with Crippen molar-refractivity contribution in [3.63, 3.8) is 0 Å². The van der Waals surface area contributed by atoms with Crippen LogP contribution in [0.2, 0.25) is 0 Å². The highest BCUT2D eigenvalue weighted by molar-refractivity contribution is 7.81. The zero-order valence-corrected chi connectivity index (χ0v) is 8.02.